The van der Waals surface area contributed by atoms with Crippen LogP contribution in [0.4, 0.5) is 5.69 Å². The molecule has 2 saturated carbocycles. The highest BCUT2D eigenvalue weighted by Crippen LogP contribution is 2.44. The molecule has 4 heteroatoms. The van der Waals surface area contributed by atoms with Gasteiger partial charge in [-0.1, -0.05) is 0 Å². The summed E-state index contributed by atoms with van der Waals surface area (Å²) < 4.78 is 0. The van der Waals surface area contributed by atoms with Gasteiger partial charge in [-0.15, -0.1) is 12.4 Å². The van der Waals surface area contributed by atoms with Crippen LogP contribution >= 0.6 is 12.4 Å². The third-order valence-corrected chi connectivity index (χ3v) is 3.73. The summed E-state index contributed by atoms with van der Waals surface area (Å²) in [6.07, 6.45) is 5.12. The van der Waals surface area contributed by atoms with E-state index >= 15 is 0 Å². The summed E-state index contributed by atoms with van der Waals surface area (Å²) in [5.41, 5.74) is 7.02. The fourth-order valence-corrected chi connectivity index (χ4v) is 2.40. The zero-order chi connectivity index (χ0) is 11.8. The first-order valence-electron chi connectivity index (χ1n) is 6.40. The van der Waals surface area contributed by atoms with Gasteiger partial charge in [0.15, 0.2) is 0 Å². The SMILES string of the molecule is Cl.Nc1ccc(C(=O)NC(C2CC2)C2CC2)cc1. The van der Waals surface area contributed by atoms with E-state index in [1.54, 1.807) is 24.3 Å². The molecule has 2 aliphatic carbocycles. The maximum Gasteiger partial charge on any atom is 0.251 e. The summed E-state index contributed by atoms with van der Waals surface area (Å²) in [6.45, 7) is 0. The lowest BCUT2D eigenvalue weighted by atomic mass is 10.1. The molecule has 3 rings (SSSR count). The summed E-state index contributed by atoms with van der Waals surface area (Å²) in [6, 6.07) is 7.55. The van der Waals surface area contributed by atoms with E-state index in [0.717, 1.165) is 11.8 Å². The molecule has 2 aliphatic rings. The molecular weight excluding hydrogens is 248 g/mol. The highest BCUT2D eigenvalue weighted by atomic mass is 35.5. The van der Waals surface area contributed by atoms with E-state index in [4.69, 9.17) is 5.73 Å². The number of carbonyl (C=O) groups excluding carboxylic acids is 1. The Balaban J connectivity index is 0.00000120. The van der Waals surface area contributed by atoms with Gasteiger partial charge in [0.25, 0.3) is 5.91 Å². The standard InChI is InChI=1S/C14H18N2O.ClH/c15-12-7-5-11(6-8-12)14(17)16-13(9-1-2-9)10-3-4-10;/h5-10,13H,1-4,15H2,(H,16,17);1H. The highest BCUT2D eigenvalue weighted by Gasteiger charge is 2.42. The molecule has 0 unspecified atom stereocenters. The number of hydrogen-bond donors (Lipinski definition) is 2. The van der Waals surface area contributed by atoms with Crippen molar-refractivity contribution in [2.75, 3.05) is 5.73 Å². The van der Waals surface area contributed by atoms with E-state index < -0.39 is 0 Å². The van der Waals surface area contributed by atoms with E-state index in [0.29, 0.717) is 17.3 Å². The van der Waals surface area contributed by atoms with Gasteiger partial charge in [0.1, 0.15) is 0 Å². The van der Waals surface area contributed by atoms with E-state index in [9.17, 15) is 4.79 Å². The van der Waals surface area contributed by atoms with Crippen LogP contribution in [-0.2, 0) is 0 Å². The third kappa shape index (κ3) is 2.96. The van der Waals surface area contributed by atoms with Gasteiger partial charge in [0.05, 0.1) is 0 Å². The molecule has 0 atom stereocenters. The number of anilines is 1. The van der Waals surface area contributed by atoms with Crippen LogP contribution in [-0.4, -0.2) is 11.9 Å². The van der Waals surface area contributed by atoms with Crippen molar-refractivity contribution in [3.8, 4) is 0 Å². The average molecular weight is 267 g/mol. The molecule has 0 radical (unpaired) electrons. The van der Waals surface area contributed by atoms with E-state index in [-0.39, 0.29) is 18.3 Å². The molecule has 98 valence electrons. The summed E-state index contributed by atoms with van der Waals surface area (Å²) in [7, 11) is 0. The minimum Gasteiger partial charge on any atom is -0.399 e. The number of hydrogen-bond acceptors (Lipinski definition) is 2. The number of carbonyl (C=O) groups is 1. The number of halogens is 1. The Bertz CT molecular complexity index is 412. The van der Waals surface area contributed by atoms with Crippen LogP contribution in [0.5, 0.6) is 0 Å². The number of nitrogen functional groups attached to an aromatic ring is 1. The molecule has 1 aromatic carbocycles. The van der Waals surface area contributed by atoms with Gasteiger partial charge in [0.2, 0.25) is 0 Å². The van der Waals surface area contributed by atoms with Gasteiger partial charge in [0, 0.05) is 17.3 Å². The molecule has 0 aromatic heterocycles. The van der Waals surface area contributed by atoms with Crippen LogP contribution < -0.4 is 11.1 Å². The third-order valence-electron chi connectivity index (χ3n) is 3.73. The van der Waals surface area contributed by atoms with Crippen LogP contribution in [0, 0.1) is 11.8 Å². The molecule has 3 N–H and O–H groups in total. The Labute approximate surface area is 114 Å². The van der Waals surface area contributed by atoms with Crippen molar-refractivity contribution in [1.82, 2.24) is 5.32 Å². The first-order valence-corrected chi connectivity index (χ1v) is 6.40. The van der Waals surface area contributed by atoms with Crippen LogP contribution in [0.1, 0.15) is 36.0 Å². The smallest absolute Gasteiger partial charge is 0.251 e. The topological polar surface area (TPSA) is 55.1 Å². The van der Waals surface area contributed by atoms with Gasteiger partial charge in [-0.25, -0.2) is 0 Å². The van der Waals surface area contributed by atoms with Crippen molar-refractivity contribution in [2.45, 2.75) is 31.7 Å². The van der Waals surface area contributed by atoms with Crippen molar-refractivity contribution < 1.29 is 4.79 Å². The Kier molecular flexibility index (Phi) is 3.81. The van der Waals surface area contributed by atoms with Crippen LogP contribution in [0.2, 0.25) is 0 Å². The van der Waals surface area contributed by atoms with Gasteiger partial charge >= 0.3 is 0 Å². The Hall–Kier alpha value is -1.22. The molecule has 3 nitrogen and oxygen atoms in total. The van der Waals surface area contributed by atoms with Crippen molar-refractivity contribution >= 4 is 24.0 Å². The van der Waals surface area contributed by atoms with Crippen LogP contribution in [0.3, 0.4) is 0 Å². The number of rotatable bonds is 4. The second-order valence-electron chi connectivity index (χ2n) is 5.30. The lowest BCUT2D eigenvalue weighted by Gasteiger charge is -2.17. The van der Waals surface area contributed by atoms with Crippen molar-refractivity contribution in [2.24, 2.45) is 11.8 Å². The lowest BCUT2D eigenvalue weighted by molar-refractivity contribution is 0.0926. The molecule has 0 heterocycles. The largest absolute Gasteiger partial charge is 0.399 e. The number of benzene rings is 1. The maximum atomic E-state index is 12.1. The first kappa shape index (κ1) is 13.2. The summed E-state index contributed by atoms with van der Waals surface area (Å²) in [5.74, 6) is 1.52. The molecule has 1 aromatic rings. The van der Waals surface area contributed by atoms with Gasteiger partial charge in [-0.3, -0.25) is 4.79 Å². The fraction of sp³-hybridized carbons (Fsp3) is 0.500. The summed E-state index contributed by atoms with van der Waals surface area (Å²) in [5, 5.41) is 3.20. The number of nitrogens with two attached hydrogens (primary N) is 1. The summed E-state index contributed by atoms with van der Waals surface area (Å²) in [4.78, 5) is 12.1. The maximum absolute atomic E-state index is 12.1. The monoisotopic (exact) mass is 266 g/mol. The predicted octanol–water partition coefficient (Wildman–Crippen LogP) is 2.61. The summed E-state index contributed by atoms with van der Waals surface area (Å²) >= 11 is 0. The number of nitrogens with one attached hydrogen (secondary N) is 1. The second-order valence-corrected chi connectivity index (χ2v) is 5.30. The molecule has 0 saturated heterocycles. The molecule has 18 heavy (non-hydrogen) atoms. The fourth-order valence-electron chi connectivity index (χ4n) is 2.40. The van der Waals surface area contributed by atoms with E-state index in [1.165, 1.54) is 25.7 Å². The van der Waals surface area contributed by atoms with Crippen LogP contribution in [0.15, 0.2) is 24.3 Å². The molecular formula is C14H19ClN2O. The number of amides is 1. The Morgan fingerprint density at radius 3 is 2.06 bits per heavy atom. The highest BCUT2D eigenvalue weighted by molar-refractivity contribution is 5.94. The van der Waals surface area contributed by atoms with Crippen molar-refractivity contribution in [3.05, 3.63) is 29.8 Å². The zero-order valence-corrected chi connectivity index (χ0v) is 11.1. The average Bonchev–Trinajstić information content (AvgIpc) is 3.17. The second kappa shape index (κ2) is 5.19. The zero-order valence-electron chi connectivity index (χ0n) is 10.3. The molecule has 2 fully saturated rings. The van der Waals surface area contributed by atoms with Gasteiger partial charge in [-0.05, 0) is 61.8 Å². The van der Waals surface area contributed by atoms with Crippen molar-refractivity contribution in [1.29, 1.82) is 0 Å². The molecule has 0 aliphatic heterocycles. The molecule has 0 bridgehead atoms. The first-order chi connectivity index (χ1) is 8.24. The molecule has 1 amide bonds. The van der Waals surface area contributed by atoms with Crippen molar-refractivity contribution in [3.63, 3.8) is 0 Å². The normalized spacial score (nSPS) is 18.3. The minimum atomic E-state index is 0. The minimum absolute atomic E-state index is 0. The quantitative estimate of drug-likeness (QED) is 0.823. The van der Waals surface area contributed by atoms with Crippen LogP contribution in [0.25, 0.3) is 0 Å². The van der Waals surface area contributed by atoms with Gasteiger partial charge < -0.3 is 11.1 Å². The Morgan fingerprint density at radius 2 is 1.61 bits per heavy atom. The predicted molar refractivity (Wildman–Crippen MR) is 74.8 cm³/mol. The van der Waals surface area contributed by atoms with E-state index in [1.807, 2.05) is 0 Å². The Morgan fingerprint density at radius 1 is 1.11 bits per heavy atom. The van der Waals surface area contributed by atoms with Gasteiger partial charge in [-0.2, -0.15) is 0 Å². The molecule has 0 spiro atoms. The van der Waals surface area contributed by atoms with E-state index in [2.05, 4.69) is 5.32 Å². The lowest BCUT2D eigenvalue weighted by Crippen LogP contribution is -2.38.